The van der Waals surface area contributed by atoms with Gasteiger partial charge in [0.25, 0.3) is 0 Å². The van der Waals surface area contributed by atoms with Crippen LogP contribution in [0.4, 0.5) is 5.95 Å². The Bertz CT molecular complexity index is 405. The molecule has 98 valence electrons. The van der Waals surface area contributed by atoms with E-state index in [0.29, 0.717) is 12.5 Å². The largest absolute Gasteiger partial charge is 0.353 e. The molecule has 1 aromatic heterocycles. The molecule has 0 saturated carbocycles. The summed E-state index contributed by atoms with van der Waals surface area (Å²) in [5.41, 5.74) is 1.04. The van der Waals surface area contributed by atoms with Crippen LogP contribution in [0.15, 0.2) is 12.4 Å². The zero-order valence-corrected chi connectivity index (χ0v) is 10.8. The van der Waals surface area contributed by atoms with E-state index in [2.05, 4.69) is 20.6 Å². The van der Waals surface area contributed by atoms with Gasteiger partial charge in [-0.25, -0.2) is 9.97 Å². The molecule has 2 heterocycles. The number of aromatic nitrogens is 2. The Balaban J connectivity index is 2.16. The highest BCUT2D eigenvalue weighted by atomic mass is 16.2. The number of carbonyl (C=O) groups excluding carboxylic acids is 1. The first-order valence-corrected chi connectivity index (χ1v) is 6.26. The average molecular weight is 249 g/mol. The van der Waals surface area contributed by atoms with Gasteiger partial charge in [-0.2, -0.15) is 0 Å². The van der Waals surface area contributed by atoms with E-state index in [1.165, 1.54) is 0 Å². The third-order valence-electron chi connectivity index (χ3n) is 3.05. The van der Waals surface area contributed by atoms with Gasteiger partial charge in [0.1, 0.15) is 6.04 Å². The van der Waals surface area contributed by atoms with Gasteiger partial charge in [0, 0.05) is 37.6 Å². The normalized spacial score (nSPS) is 19.8. The van der Waals surface area contributed by atoms with Crippen LogP contribution >= 0.6 is 0 Å². The molecule has 1 fully saturated rings. The summed E-state index contributed by atoms with van der Waals surface area (Å²) >= 11 is 0. The highest BCUT2D eigenvalue weighted by molar-refractivity contribution is 5.85. The minimum Gasteiger partial charge on any atom is -0.353 e. The summed E-state index contributed by atoms with van der Waals surface area (Å²) in [6, 6.07) is -0.158. The lowest BCUT2D eigenvalue weighted by molar-refractivity contribution is -0.123. The van der Waals surface area contributed by atoms with E-state index in [-0.39, 0.29) is 11.9 Å². The van der Waals surface area contributed by atoms with E-state index in [1.807, 2.05) is 18.9 Å². The van der Waals surface area contributed by atoms with Gasteiger partial charge < -0.3 is 15.5 Å². The van der Waals surface area contributed by atoms with E-state index in [0.717, 1.165) is 25.1 Å². The first-order chi connectivity index (χ1) is 8.76. The van der Waals surface area contributed by atoms with Crippen LogP contribution in [0.5, 0.6) is 0 Å². The molecular formula is C12H19N5O. The number of piperazine rings is 1. The molecule has 0 aromatic carbocycles. The second kappa shape index (κ2) is 5.77. The van der Waals surface area contributed by atoms with Gasteiger partial charge in [0.05, 0.1) is 0 Å². The van der Waals surface area contributed by atoms with Crippen LogP contribution in [-0.2, 0) is 11.3 Å². The molecule has 18 heavy (non-hydrogen) atoms. The SMILES string of the molecule is CCC1C(=O)NCCN1c1ncc(CNC)cn1. The van der Waals surface area contributed by atoms with Gasteiger partial charge in [-0.05, 0) is 13.5 Å². The van der Waals surface area contributed by atoms with Crippen molar-refractivity contribution in [3.8, 4) is 0 Å². The third-order valence-corrected chi connectivity index (χ3v) is 3.05. The lowest BCUT2D eigenvalue weighted by Crippen LogP contribution is -2.55. The predicted molar refractivity (Wildman–Crippen MR) is 69.2 cm³/mol. The Hall–Kier alpha value is -1.69. The third kappa shape index (κ3) is 2.59. The molecule has 1 amide bonds. The van der Waals surface area contributed by atoms with E-state index in [1.54, 1.807) is 12.4 Å². The Morgan fingerprint density at radius 2 is 2.22 bits per heavy atom. The van der Waals surface area contributed by atoms with Crippen molar-refractivity contribution in [3.63, 3.8) is 0 Å². The fourth-order valence-corrected chi connectivity index (χ4v) is 2.15. The summed E-state index contributed by atoms with van der Waals surface area (Å²) < 4.78 is 0. The van der Waals surface area contributed by atoms with Gasteiger partial charge in [-0.15, -0.1) is 0 Å². The van der Waals surface area contributed by atoms with E-state index < -0.39 is 0 Å². The van der Waals surface area contributed by atoms with Crippen molar-refractivity contribution in [1.82, 2.24) is 20.6 Å². The minimum absolute atomic E-state index is 0.0617. The number of anilines is 1. The number of amides is 1. The molecule has 1 aliphatic rings. The summed E-state index contributed by atoms with van der Waals surface area (Å²) in [5, 5.41) is 5.92. The standard InChI is InChI=1S/C12H19N5O/c1-3-10-11(18)14-4-5-17(10)12-15-7-9(6-13-2)8-16-12/h7-8,10,13H,3-6H2,1-2H3,(H,14,18). The molecule has 1 atom stereocenters. The molecule has 2 N–H and O–H groups in total. The molecule has 2 rings (SSSR count). The maximum absolute atomic E-state index is 11.8. The Morgan fingerprint density at radius 3 is 2.83 bits per heavy atom. The van der Waals surface area contributed by atoms with Crippen LogP contribution in [0.25, 0.3) is 0 Å². The van der Waals surface area contributed by atoms with Crippen molar-refractivity contribution in [1.29, 1.82) is 0 Å². The first kappa shape index (κ1) is 12.8. The second-order valence-corrected chi connectivity index (χ2v) is 4.33. The molecule has 6 nitrogen and oxygen atoms in total. The number of carbonyl (C=O) groups is 1. The summed E-state index contributed by atoms with van der Waals surface area (Å²) in [6.45, 7) is 4.16. The van der Waals surface area contributed by atoms with E-state index in [9.17, 15) is 4.79 Å². The Labute approximate surface area is 107 Å². The molecule has 1 aliphatic heterocycles. The molecular weight excluding hydrogens is 230 g/mol. The molecule has 0 radical (unpaired) electrons. The highest BCUT2D eigenvalue weighted by Gasteiger charge is 2.29. The van der Waals surface area contributed by atoms with Crippen molar-refractivity contribution >= 4 is 11.9 Å². The van der Waals surface area contributed by atoms with Crippen molar-refractivity contribution in [2.75, 3.05) is 25.0 Å². The molecule has 1 saturated heterocycles. The number of nitrogens with one attached hydrogen (secondary N) is 2. The summed E-state index contributed by atoms with van der Waals surface area (Å²) in [6.07, 6.45) is 4.36. The van der Waals surface area contributed by atoms with Gasteiger partial charge in [0.15, 0.2) is 0 Å². The smallest absolute Gasteiger partial charge is 0.242 e. The lowest BCUT2D eigenvalue weighted by Gasteiger charge is -2.34. The van der Waals surface area contributed by atoms with Crippen LogP contribution < -0.4 is 15.5 Å². The highest BCUT2D eigenvalue weighted by Crippen LogP contribution is 2.15. The second-order valence-electron chi connectivity index (χ2n) is 4.33. The van der Waals surface area contributed by atoms with E-state index >= 15 is 0 Å². The first-order valence-electron chi connectivity index (χ1n) is 6.26. The van der Waals surface area contributed by atoms with Crippen LogP contribution in [-0.4, -0.2) is 42.1 Å². The number of nitrogens with zero attached hydrogens (tertiary/aromatic N) is 3. The van der Waals surface area contributed by atoms with Gasteiger partial charge in [-0.1, -0.05) is 6.92 Å². The lowest BCUT2D eigenvalue weighted by atomic mass is 10.1. The van der Waals surface area contributed by atoms with Crippen LogP contribution in [0, 0.1) is 0 Å². The van der Waals surface area contributed by atoms with Crippen molar-refractivity contribution in [2.24, 2.45) is 0 Å². The summed E-state index contributed by atoms with van der Waals surface area (Å²) in [4.78, 5) is 22.4. The Morgan fingerprint density at radius 1 is 1.50 bits per heavy atom. The Kier molecular flexibility index (Phi) is 4.09. The van der Waals surface area contributed by atoms with E-state index in [4.69, 9.17) is 0 Å². The molecule has 1 aromatic rings. The van der Waals surface area contributed by atoms with Gasteiger partial charge in [0.2, 0.25) is 11.9 Å². The zero-order chi connectivity index (χ0) is 13.0. The molecule has 0 bridgehead atoms. The van der Waals surface area contributed by atoms with Crippen LogP contribution in [0.1, 0.15) is 18.9 Å². The fourth-order valence-electron chi connectivity index (χ4n) is 2.15. The van der Waals surface area contributed by atoms with Crippen molar-refractivity contribution < 1.29 is 4.79 Å². The fraction of sp³-hybridized carbons (Fsp3) is 0.583. The number of hydrogen-bond donors (Lipinski definition) is 2. The van der Waals surface area contributed by atoms with Crippen LogP contribution in [0.3, 0.4) is 0 Å². The predicted octanol–water partition coefficient (Wildman–Crippen LogP) is -0.0892. The average Bonchev–Trinajstić information content (AvgIpc) is 2.40. The quantitative estimate of drug-likeness (QED) is 0.780. The van der Waals surface area contributed by atoms with Crippen molar-refractivity contribution in [2.45, 2.75) is 25.9 Å². The molecule has 1 unspecified atom stereocenters. The minimum atomic E-state index is -0.158. The van der Waals surface area contributed by atoms with Gasteiger partial charge in [-0.3, -0.25) is 4.79 Å². The topological polar surface area (TPSA) is 70.2 Å². The van der Waals surface area contributed by atoms with Crippen LogP contribution in [0.2, 0.25) is 0 Å². The monoisotopic (exact) mass is 249 g/mol. The molecule has 0 aliphatic carbocycles. The van der Waals surface area contributed by atoms with Crippen molar-refractivity contribution in [3.05, 3.63) is 18.0 Å². The number of hydrogen-bond acceptors (Lipinski definition) is 5. The molecule has 6 heteroatoms. The maximum Gasteiger partial charge on any atom is 0.242 e. The maximum atomic E-state index is 11.8. The summed E-state index contributed by atoms with van der Waals surface area (Å²) in [5.74, 6) is 0.697. The zero-order valence-electron chi connectivity index (χ0n) is 10.8. The van der Waals surface area contributed by atoms with Gasteiger partial charge >= 0.3 is 0 Å². The summed E-state index contributed by atoms with van der Waals surface area (Å²) in [7, 11) is 1.88. The molecule has 0 spiro atoms. The number of rotatable bonds is 4.